The molecule has 6 heteroatoms. The van der Waals surface area contributed by atoms with E-state index in [0.717, 1.165) is 4.90 Å². The van der Waals surface area contributed by atoms with Gasteiger partial charge in [-0.2, -0.15) is 0 Å². The van der Waals surface area contributed by atoms with E-state index in [1.54, 1.807) is 6.92 Å². The van der Waals surface area contributed by atoms with Crippen LogP contribution in [0.4, 0.5) is 0 Å². The van der Waals surface area contributed by atoms with E-state index in [1.165, 1.54) is 20.2 Å². The minimum absolute atomic E-state index is 0.0445. The van der Waals surface area contributed by atoms with Crippen LogP contribution in [0.2, 0.25) is 0 Å². The third kappa shape index (κ3) is 2.34. The quantitative estimate of drug-likeness (QED) is 0.790. The molecule has 0 spiro atoms. The molecule has 0 radical (unpaired) electrons. The summed E-state index contributed by atoms with van der Waals surface area (Å²) in [5.41, 5.74) is 0. The van der Waals surface area contributed by atoms with Crippen LogP contribution < -0.4 is 0 Å². The van der Waals surface area contributed by atoms with Gasteiger partial charge in [0.2, 0.25) is 5.76 Å². The van der Waals surface area contributed by atoms with Crippen molar-refractivity contribution < 1.29 is 19.1 Å². The topological polar surface area (TPSA) is 83.6 Å². The Bertz CT molecular complexity index is 385. The van der Waals surface area contributed by atoms with Crippen molar-refractivity contribution in [3.63, 3.8) is 0 Å². The summed E-state index contributed by atoms with van der Waals surface area (Å²) in [6.07, 6.45) is 1.28. The van der Waals surface area contributed by atoms with E-state index < -0.39 is 17.9 Å². The highest BCUT2D eigenvalue weighted by atomic mass is 16.4. The molecule has 1 rings (SSSR count). The molecule has 6 nitrogen and oxygen atoms in total. The van der Waals surface area contributed by atoms with Gasteiger partial charge < -0.3 is 14.4 Å². The number of carbonyl (C=O) groups is 2. The highest BCUT2D eigenvalue weighted by Gasteiger charge is 2.24. The molecule has 1 atom stereocenters. The molecule has 1 aromatic heterocycles. The number of oxazole rings is 1. The zero-order valence-corrected chi connectivity index (χ0v) is 8.72. The second-order valence-electron chi connectivity index (χ2n) is 3.17. The standard InChI is InChI=1S/C9H12N2O4/c1-5(9(13)14)11(3)8(12)7-4-10-6(2)15-7/h4-5H,1-3H3,(H,13,14). The van der Waals surface area contributed by atoms with Gasteiger partial charge in [0.05, 0.1) is 6.20 Å². The summed E-state index contributed by atoms with van der Waals surface area (Å²) in [7, 11) is 1.40. The fourth-order valence-corrected chi connectivity index (χ4v) is 0.976. The van der Waals surface area contributed by atoms with Crippen molar-refractivity contribution in [1.82, 2.24) is 9.88 Å². The number of aliphatic carboxylic acids is 1. The van der Waals surface area contributed by atoms with Gasteiger partial charge in [0.25, 0.3) is 5.91 Å². The molecule has 1 amide bonds. The number of likely N-dealkylation sites (N-methyl/N-ethyl adjacent to an activating group) is 1. The van der Waals surface area contributed by atoms with Crippen molar-refractivity contribution in [3.05, 3.63) is 17.8 Å². The Balaban J connectivity index is 2.81. The number of nitrogens with zero attached hydrogens (tertiary/aromatic N) is 2. The highest BCUT2D eigenvalue weighted by Crippen LogP contribution is 2.08. The largest absolute Gasteiger partial charge is 0.480 e. The first-order valence-electron chi connectivity index (χ1n) is 4.36. The number of aromatic nitrogens is 1. The number of hydrogen-bond acceptors (Lipinski definition) is 4. The fraction of sp³-hybridized carbons (Fsp3) is 0.444. The maximum atomic E-state index is 11.6. The Hall–Kier alpha value is -1.85. The monoisotopic (exact) mass is 212 g/mol. The molecule has 0 aromatic carbocycles. The zero-order valence-electron chi connectivity index (χ0n) is 8.72. The lowest BCUT2D eigenvalue weighted by Gasteiger charge is -2.19. The number of rotatable bonds is 3. The van der Waals surface area contributed by atoms with Gasteiger partial charge in [-0.15, -0.1) is 0 Å². The van der Waals surface area contributed by atoms with Crippen LogP contribution in [0.5, 0.6) is 0 Å². The number of carboxylic acid groups (broad SMARTS) is 1. The van der Waals surface area contributed by atoms with E-state index in [1.807, 2.05) is 0 Å². The second kappa shape index (κ2) is 4.12. The first kappa shape index (κ1) is 11.2. The van der Waals surface area contributed by atoms with Crippen molar-refractivity contribution in [1.29, 1.82) is 0 Å². The molecule has 1 aromatic rings. The normalized spacial score (nSPS) is 12.2. The van der Waals surface area contributed by atoms with Crippen LogP contribution in [0.15, 0.2) is 10.6 Å². The first-order chi connectivity index (χ1) is 6.93. The third-order valence-corrected chi connectivity index (χ3v) is 2.09. The molecule has 0 aliphatic heterocycles. The number of hydrogen-bond donors (Lipinski definition) is 1. The summed E-state index contributed by atoms with van der Waals surface area (Å²) in [4.78, 5) is 27.1. The smallest absolute Gasteiger partial charge is 0.326 e. The maximum Gasteiger partial charge on any atom is 0.326 e. The Morgan fingerprint density at radius 3 is 2.60 bits per heavy atom. The molecule has 1 unspecified atom stereocenters. The highest BCUT2D eigenvalue weighted by molar-refractivity contribution is 5.93. The van der Waals surface area contributed by atoms with Gasteiger partial charge in [-0.3, -0.25) is 4.79 Å². The predicted octanol–water partition coefficient (Wildman–Crippen LogP) is 0.528. The van der Waals surface area contributed by atoms with E-state index in [0.29, 0.717) is 5.89 Å². The fourth-order valence-electron chi connectivity index (χ4n) is 0.976. The number of carboxylic acids is 1. The summed E-state index contributed by atoms with van der Waals surface area (Å²) in [5.74, 6) is -1.15. The van der Waals surface area contributed by atoms with Gasteiger partial charge in [-0.25, -0.2) is 9.78 Å². The van der Waals surface area contributed by atoms with Crippen molar-refractivity contribution in [3.8, 4) is 0 Å². The van der Waals surface area contributed by atoms with E-state index in [4.69, 9.17) is 9.52 Å². The van der Waals surface area contributed by atoms with Crippen LogP contribution in [0.25, 0.3) is 0 Å². The van der Waals surface area contributed by atoms with Gasteiger partial charge in [0, 0.05) is 14.0 Å². The van der Waals surface area contributed by atoms with Crippen molar-refractivity contribution >= 4 is 11.9 Å². The van der Waals surface area contributed by atoms with Gasteiger partial charge in [-0.1, -0.05) is 0 Å². The summed E-state index contributed by atoms with van der Waals surface area (Å²) < 4.78 is 5.00. The summed E-state index contributed by atoms with van der Waals surface area (Å²) in [6, 6.07) is -0.900. The Labute approximate surface area is 86.5 Å². The summed E-state index contributed by atoms with van der Waals surface area (Å²) >= 11 is 0. The van der Waals surface area contributed by atoms with E-state index in [9.17, 15) is 9.59 Å². The minimum atomic E-state index is -1.07. The molecule has 15 heavy (non-hydrogen) atoms. The second-order valence-corrected chi connectivity index (χ2v) is 3.17. The molecule has 0 saturated carbocycles. The van der Waals surface area contributed by atoms with Crippen molar-refractivity contribution in [2.24, 2.45) is 0 Å². The molecular formula is C9H12N2O4. The lowest BCUT2D eigenvalue weighted by Crippen LogP contribution is -2.40. The molecule has 1 heterocycles. The number of carbonyl (C=O) groups excluding carboxylic acids is 1. The maximum absolute atomic E-state index is 11.6. The summed E-state index contributed by atoms with van der Waals surface area (Å²) in [6.45, 7) is 3.03. The lowest BCUT2D eigenvalue weighted by molar-refractivity contribution is -0.141. The first-order valence-corrected chi connectivity index (χ1v) is 4.36. The summed E-state index contributed by atoms with van der Waals surface area (Å²) in [5, 5.41) is 8.71. The zero-order chi connectivity index (χ0) is 11.6. The van der Waals surface area contributed by atoms with E-state index >= 15 is 0 Å². The van der Waals surface area contributed by atoms with Gasteiger partial charge in [0.1, 0.15) is 6.04 Å². The van der Waals surface area contributed by atoms with Crippen LogP contribution in [-0.4, -0.2) is 40.0 Å². The van der Waals surface area contributed by atoms with Crippen LogP contribution in [0.1, 0.15) is 23.4 Å². The lowest BCUT2D eigenvalue weighted by atomic mass is 10.3. The minimum Gasteiger partial charge on any atom is -0.480 e. The van der Waals surface area contributed by atoms with Gasteiger partial charge in [-0.05, 0) is 6.92 Å². The number of amides is 1. The molecule has 0 aliphatic rings. The third-order valence-electron chi connectivity index (χ3n) is 2.09. The van der Waals surface area contributed by atoms with Crippen molar-refractivity contribution in [2.45, 2.75) is 19.9 Å². The number of aryl methyl sites for hydroxylation is 1. The molecule has 0 saturated heterocycles. The molecule has 0 aliphatic carbocycles. The van der Waals surface area contributed by atoms with Crippen LogP contribution >= 0.6 is 0 Å². The van der Waals surface area contributed by atoms with E-state index in [2.05, 4.69) is 4.98 Å². The molecule has 0 bridgehead atoms. The molecule has 82 valence electrons. The van der Waals surface area contributed by atoms with Gasteiger partial charge >= 0.3 is 5.97 Å². The SMILES string of the molecule is Cc1ncc(C(=O)N(C)C(C)C(=O)O)o1. The molecule has 1 N–H and O–H groups in total. The molecule has 0 fully saturated rings. The predicted molar refractivity (Wildman–Crippen MR) is 50.4 cm³/mol. The average molecular weight is 212 g/mol. The average Bonchev–Trinajstić information content (AvgIpc) is 2.61. The van der Waals surface area contributed by atoms with Crippen molar-refractivity contribution in [2.75, 3.05) is 7.05 Å². The van der Waals surface area contributed by atoms with E-state index in [-0.39, 0.29) is 5.76 Å². The Morgan fingerprint density at radius 2 is 2.20 bits per heavy atom. The Kier molecular flexibility index (Phi) is 3.08. The van der Waals surface area contributed by atoms with Crippen LogP contribution in [0, 0.1) is 6.92 Å². The van der Waals surface area contributed by atoms with Crippen LogP contribution in [-0.2, 0) is 4.79 Å². The molecular weight excluding hydrogens is 200 g/mol. The Morgan fingerprint density at radius 1 is 1.60 bits per heavy atom. The van der Waals surface area contributed by atoms with Gasteiger partial charge in [0.15, 0.2) is 5.89 Å². The van der Waals surface area contributed by atoms with Crippen LogP contribution in [0.3, 0.4) is 0 Å².